The summed E-state index contributed by atoms with van der Waals surface area (Å²) in [5.74, 6) is 0.830. The fourth-order valence-electron chi connectivity index (χ4n) is 3.42. The monoisotopic (exact) mass is 530 g/mol. The fourth-order valence-corrected chi connectivity index (χ4v) is 7.27. The Kier molecular flexibility index (Phi) is 7.71. The molecule has 0 amide bonds. The summed E-state index contributed by atoms with van der Waals surface area (Å²) in [7, 11) is -1.99. The van der Waals surface area contributed by atoms with Gasteiger partial charge in [0.05, 0.1) is 0 Å². The molecule has 0 saturated carbocycles. The number of rotatable bonds is 6. The molecule has 0 unspecified atom stereocenters. The average Bonchev–Trinajstić information content (AvgIpc) is 2.78. The summed E-state index contributed by atoms with van der Waals surface area (Å²) in [6, 6.07) is 39.8. The van der Waals surface area contributed by atoms with Crippen LogP contribution in [0.4, 0.5) is 0 Å². The predicted octanol–water partition coefficient (Wildman–Crippen LogP) is 2.67. The minimum absolute atomic E-state index is 0. The maximum atomic E-state index is 6.38. The van der Waals surface area contributed by atoms with Crippen molar-refractivity contribution in [3.05, 3.63) is 120 Å². The Labute approximate surface area is 195 Å². The first-order chi connectivity index (χ1) is 13.8. The molecule has 0 aromatic heterocycles. The van der Waals surface area contributed by atoms with Crippen molar-refractivity contribution in [2.75, 3.05) is 6.35 Å². The van der Waals surface area contributed by atoms with Crippen LogP contribution in [0.5, 0.6) is 5.75 Å². The number of halogens is 2. The summed E-state index contributed by atoms with van der Waals surface area (Å²) in [5.41, 5.74) is 0. The van der Waals surface area contributed by atoms with E-state index >= 15 is 0 Å². The van der Waals surface area contributed by atoms with E-state index in [0.29, 0.717) is 11.4 Å². The van der Waals surface area contributed by atoms with Crippen molar-refractivity contribution in [1.29, 1.82) is 0 Å². The highest BCUT2D eigenvalue weighted by atomic mass is 127. The van der Waals surface area contributed by atoms with E-state index in [1.165, 1.54) is 15.9 Å². The third kappa shape index (κ3) is 4.83. The summed E-state index contributed by atoms with van der Waals surface area (Å²) in [5, 5.41) is 4.63. The quantitative estimate of drug-likeness (QED) is 0.275. The van der Waals surface area contributed by atoms with Crippen molar-refractivity contribution in [2.24, 2.45) is 0 Å². The van der Waals surface area contributed by atoms with Crippen molar-refractivity contribution in [1.82, 2.24) is 0 Å². The SMILES string of the molecule is Clc1ccc(OC[P+](c2ccccc2)(c2ccccc2)c2ccccc2)cc1.[I-]. The van der Waals surface area contributed by atoms with Crippen LogP contribution in [0.3, 0.4) is 0 Å². The fraction of sp³-hybridized carbons (Fsp3) is 0.0400. The third-order valence-electron chi connectivity index (χ3n) is 4.83. The lowest BCUT2D eigenvalue weighted by Crippen LogP contribution is -3.00. The lowest BCUT2D eigenvalue weighted by atomic mass is 10.3. The topological polar surface area (TPSA) is 9.23 Å². The van der Waals surface area contributed by atoms with Gasteiger partial charge in [-0.05, 0) is 60.7 Å². The molecule has 29 heavy (non-hydrogen) atoms. The Morgan fingerprint density at radius 3 is 1.31 bits per heavy atom. The van der Waals surface area contributed by atoms with Crippen LogP contribution in [0.15, 0.2) is 115 Å². The molecule has 0 N–H and O–H groups in total. The molecule has 4 rings (SSSR count). The molecule has 0 atom stereocenters. The summed E-state index contributed by atoms with van der Waals surface area (Å²) >= 11 is 6.04. The Balaban J connectivity index is 0.00000240. The molecule has 0 radical (unpaired) electrons. The second-order valence-corrected chi connectivity index (χ2v) is 10.4. The van der Waals surface area contributed by atoms with Gasteiger partial charge in [-0.1, -0.05) is 66.2 Å². The van der Waals surface area contributed by atoms with Gasteiger partial charge in [0.2, 0.25) is 6.35 Å². The molecule has 0 aliphatic carbocycles. The van der Waals surface area contributed by atoms with Crippen LogP contribution in [0.2, 0.25) is 5.02 Å². The van der Waals surface area contributed by atoms with E-state index < -0.39 is 7.26 Å². The molecule has 4 aromatic rings. The second kappa shape index (κ2) is 10.2. The summed E-state index contributed by atoms with van der Waals surface area (Å²) in [4.78, 5) is 0. The zero-order valence-electron chi connectivity index (χ0n) is 15.8. The van der Waals surface area contributed by atoms with E-state index in [1.807, 2.05) is 24.3 Å². The highest BCUT2D eigenvalue weighted by Gasteiger charge is 2.46. The molecule has 0 aliphatic heterocycles. The summed E-state index contributed by atoms with van der Waals surface area (Å²) in [6.45, 7) is 0. The molecule has 0 spiro atoms. The first-order valence-corrected chi connectivity index (χ1v) is 11.6. The normalized spacial score (nSPS) is 10.8. The zero-order chi connectivity index (χ0) is 19.2. The Morgan fingerprint density at radius 1 is 0.552 bits per heavy atom. The largest absolute Gasteiger partial charge is 1.00 e. The maximum absolute atomic E-state index is 6.38. The number of benzene rings is 4. The van der Waals surface area contributed by atoms with Crippen molar-refractivity contribution in [2.45, 2.75) is 0 Å². The third-order valence-corrected chi connectivity index (χ3v) is 9.14. The number of hydrogen-bond acceptors (Lipinski definition) is 1. The van der Waals surface area contributed by atoms with Crippen molar-refractivity contribution in [3.63, 3.8) is 0 Å². The molecule has 0 fully saturated rings. The van der Waals surface area contributed by atoms with Crippen LogP contribution < -0.4 is 44.6 Å². The minimum atomic E-state index is -1.99. The number of hydrogen-bond donors (Lipinski definition) is 0. The highest BCUT2D eigenvalue weighted by Crippen LogP contribution is 2.55. The van der Waals surface area contributed by atoms with Crippen LogP contribution in [-0.2, 0) is 0 Å². The Hall–Kier alpha value is -1.87. The first kappa shape index (κ1) is 21.8. The molecule has 1 nitrogen and oxygen atoms in total. The van der Waals surface area contributed by atoms with E-state index in [0.717, 1.165) is 5.75 Å². The van der Waals surface area contributed by atoms with Gasteiger partial charge in [0.25, 0.3) is 0 Å². The van der Waals surface area contributed by atoms with Crippen LogP contribution in [0.25, 0.3) is 0 Å². The van der Waals surface area contributed by atoms with Crippen molar-refractivity contribution in [3.8, 4) is 5.75 Å². The van der Waals surface area contributed by atoms with Crippen LogP contribution in [-0.4, -0.2) is 6.35 Å². The van der Waals surface area contributed by atoms with E-state index in [2.05, 4.69) is 91.0 Å². The second-order valence-electron chi connectivity index (χ2n) is 6.54. The predicted molar refractivity (Wildman–Crippen MR) is 122 cm³/mol. The summed E-state index contributed by atoms with van der Waals surface area (Å²) in [6.07, 6.45) is 0.590. The summed E-state index contributed by atoms with van der Waals surface area (Å²) < 4.78 is 6.38. The average molecular weight is 531 g/mol. The molecular formula is C25H21ClIOP. The molecular weight excluding hydrogens is 510 g/mol. The van der Waals surface area contributed by atoms with Gasteiger partial charge < -0.3 is 28.7 Å². The molecule has 4 heteroatoms. The Bertz CT molecular complexity index is 912. The number of ether oxygens (including phenoxy) is 1. The lowest BCUT2D eigenvalue weighted by molar-refractivity contribution is -0.00000563. The minimum Gasteiger partial charge on any atom is -1.00 e. The van der Waals surface area contributed by atoms with Gasteiger partial charge in [-0.15, -0.1) is 0 Å². The van der Waals surface area contributed by atoms with E-state index in [1.54, 1.807) is 0 Å². The zero-order valence-corrected chi connectivity index (χ0v) is 19.6. The van der Waals surface area contributed by atoms with Crippen LogP contribution >= 0.6 is 18.9 Å². The molecule has 0 heterocycles. The maximum Gasteiger partial charge on any atom is 0.210 e. The van der Waals surface area contributed by atoms with E-state index in [-0.39, 0.29) is 24.0 Å². The van der Waals surface area contributed by atoms with Crippen LogP contribution in [0.1, 0.15) is 0 Å². The van der Waals surface area contributed by atoms with Gasteiger partial charge in [0, 0.05) is 5.02 Å². The van der Waals surface area contributed by atoms with Gasteiger partial charge in [-0.25, -0.2) is 0 Å². The first-order valence-electron chi connectivity index (χ1n) is 9.22. The van der Waals surface area contributed by atoms with E-state index in [4.69, 9.17) is 16.3 Å². The van der Waals surface area contributed by atoms with Crippen molar-refractivity contribution < 1.29 is 28.7 Å². The smallest absolute Gasteiger partial charge is 0.210 e. The van der Waals surface area contributed by atoms with Crippen molar-refractivity contribution >= 4 is 34.8 Å². The van der Waals surface area contributed by atoms with Gasteiger partial charge in [-0.3, -0.25) is 0 Å². The molecule has 0 bridgehead atoms. The lowest BCUT2D eigenvalue weighted by Gasteiger charge is -2.27. The van der Waals surface area contributed by atoms with Gasteiger partial charge >= 0.3 is 0 Å². The molecule has 0 aliphatic rings. The highest BCUT2D eigenvalue weighted by molar-refractivity contribution is 7.95. The standard InChI is InChI=1S/C25H21ClOP.HI/c26-21-16-18-22(19-17-21)27-20-28(23-10-4-1-5-11-23,24-12-6-2-7-13-24)25-14-8-3-9-15-25;/h1-19H,20H2;1H/q+1;/p-1. The van der Waals surface area contributed by atoms with E-state index in [9.17, 15) is 0 Å². The van der Waals surface area contributed by atoms with Gasteiger partial charge in [0.1, 0.15) is 21.7 Å². The molecule has 0 saturated heterocycles. The molecule has 146 valence electrons. The Morgan fingerprint density at radius 2 is 0.931 bits per heavy atom. The van der Waals surface area contributed by atoms with Gasteiger partial charge in [0.15, 0.2) is 7.26 Å². The van der Waals surface area contributed by atoms with Crippen LogP contribution in [0, 0.1) is 0 Å². The van der Waals surface area contributed by atoms with Gasteiger partial charge in [-0.2, -0.15) is 0 Å². The molecule has 4 aromatic carbocycles.